The van der Waals surface area contributed by atoms with Crippen LogP contribution in [0.1, 0.15) is 2.74 Å². The average molecular weight is 120 g/mol. The lowest BCUT2D eigenvalue weighted by Crippen LogP contribution is -2.18. The van der Waals surface area contributed by atoms with Crippen LogP contribution in [0.2, 0.25) is 1.41 Å². The number of nitrogens with one attached hydrogen (secondary N) is 1. The minimum atomic E-state index is -2.24. The summed E-state index contributed by atoms with van der Waals surface area (Å²) in [6, 6.07) is 0. The summed E-state index contributed by atoms with van der Waals surface area (Å²) in [5, 5.41) is -0.833. The fourth-order valence-corrected chi connectivity index (χ4v) is 0.565. The highest BCUT2D eigenvalue weighted by Crippen LogP contribution is 2.06. The molecule has 0 saturated carbocycles. The zero-order chi connectivity index (χ0) is 7.94. The first-order chi connectivity index (χ1) is 4.45. The summed E-state index contributed by atoms with van der Waals surface area (Å²) in [5.41, 5.74) is -2.24. The summed E-state index contributed by atoms with van der Waals surface area (Å²) >= 11 is 0.222. The van der Waals surface area contributed by atoms with E-state index in [0.29, 0.717) is 0 Å². The summed E-state index contributed by atoms with van der Waals surface area (Å²) < 4.78 is 20.4. The zero-order valence-corrected chi connectivity index (χ0v) is 3.99. The molecule has 7 heavy (non-hydrogen) atoms. The molecule has 0 radical (unpaired) electrons. The van der Waals surface area contributed by atoms with Crippen molar-refractivity contribution >= 4 is 22.9 Å². The molecule has 2 amide bonds. The van der Waals surface area contributed by atoms with Gasteiger partial charge in [0.2, 0.25) is 5.91 Å². The third-order valence-electron chi connectivity index (χ3n) is 0.418. The van der Waals surface area contributed by atoms with Crippen molar-refractivity contribution in [1.29, 1.82) is 0 Å². The summed E-state index contributed by atoms with van der Waals surface area (Å²) in [5.74, 6) is -1.11. The van der Waals surface area contributed by atoms with Crippen LogP contribution in [-0.4, -0.2) is 16.9 Å². The normalized spacial score (nSPS) is 34.9. The number of imide groups is 1. The predicted molar refractivity (Wildman–Crippen MR) is 26.0 cm³/mol. The molecule has 1 N–H and O–H groups in total. The van der Waals surface area contributed by atoms with Crippen LogP contribution in [0.3, 0.4) is 0 Å². The Morgan fingerprint density at radius 1 is 2.00 bits per heavy atom. The molecule has 0 aromatic rings. The molecule has 0 unspecified atom stereocenters. The molecule has 3 nitrogen and oxygen atoms in total. The second kappa shape index (κ2) is 1.54. The Bertz CT molecular complexity index is 206. The van der Waals surface area contributed by atoms with Crippen molar-refractivity contribution in [3.8, 4) is 0 Å². The maximum absolute atomic E-state index is 10.6. The fourth-order valence-electron chi connectivity index (χ4n) is 0.216. The zero-order valence-electron chi connectivity index (χ0n) is 6.17. The van der Waals surface area contributed by atoms with Crippen LogP contribution in [0.15, 0.2) is 0 Å². The molecule has 0 atom stereocenters. The van der Waals surface area contributed by atoms with E-state index >= 15 is 0 Å². The van der Waals surface area contributed by atoms with Gasteiger partial charge in [-0.3, -0.25) is 14.9 Å². The van der Waals surface area contributed by atoms with Crippen molar-refractivity contribution in [1.82, 2.24) is 5.31 Å². The van der Waals surface area contributed by atoms with Crippen LogP contribution in [0.25, 0.3) is 0 Å². The lowest BCUT2D eigenvalue weighted by molar-refractivity contribution is -0.117. The molecule has 1 heterocycles. The Hall–Kier alpha value is -0.510. The third-order valence-corrected chi connectivity index (χ3v) is 0.961. The Labute approximate surface area is 48.7 Å². The highest BCUT2D eigenvalue weighted by Gasteiger charge is 2.16. The first kappa shape index (κ1) is 2.17. The second-order valence-electron chi connectivity index (χ2n) is 0.887. The molecule has 1 aliphatic rings. The lowest BCUT2D eigenvalue weighted by Gasteiger charge is -1.77. The van der Waals surface area contributed by atoms with Gasteiger partial charge in [-0.15, -0.1) is 0 Å². The van der Waals surface area contributed by atoms with Crippen molar-refractivity contribution in [3.63, 3.8) is 0 Å². The Balaban J connectivity index is 2.92. The molecular formula is C3H3NO2S. The minimum absolute atomic E-state index is 0.0324. The van der Waals surface area contributed by atoms with Crippen LogP contribution in [0.5, 0.6) is 0 Å². The summed E-state index contributed by atoms with van der Waals surface area (Å²) in [7, 11) is 0. The van der Waals surface area contributed by atoms with Gasteiger partial charge in [0.15, 0.2) is 1.41 Å². The number of hydrogen-bond acceptors (Lipinski definition) is 3. The van der Waals surface area contributed by atoms with Crippen molar-refractivity contribution < 1.29 is 13.7 Å². The van der Waals surface area contributed by atoms with Gasteiger partial charge in [0, 0.05) is 2.74 Å². The summed E-state index contributed by atoms with van der Waals surface area (Å²) in [6.07, 6.45) is 0. The average Bonchev–Trinajstić information content (AvgIpc) is 1.95. The van der Waals surface area contributed by atoms with Crippen molar-refractivity contribution in [3.05, 3.63) is 0 Å². The SMILES string of the molecule is [2H]N1C(=O)SC([2H])([2H])C1=O. The van der Waals surface area contributed by atoms with Crippen molar-refractivity contribution in [2.24, 2.45) is 0 Å². The van der Waals surface area contributed by atoms with Crippen LogP contribution in [0, 0.1) is 0 Å². The molecule has 0 aromatic carbocycles. The van der Waals surface area contributed by atoms with E-state index in [4.69, 9.17) is 4.15 Å². The quantitative estimate of drug-likeness (QED) is 0.488. The number of thioether (sulfide) groups is 1. The van der Waals surface area contributed by atoms with Gasteiger partial charge in [-0.2, -0.15) is 0 Å². The molecular weight excluding hydrogens is 114 g/mol. The van der Waals surface area contributed by atoms with Crippen molar-refractivity contribution in [2.75, 3.05) is 5.70 Å². The maximum Gasteiger partial charge on any atom is 0.286 e. The van der Waals surface area contributed by atoms with Crippen LogP contribution >= 0.6 is 11.8 Å². The molecule has 1 aliphatic heterocycles. The van der Waals surface area contributed by atoms with Crippen molar-refractivity contribution in [2.45, 2.75) is 0 Å². The maximum atomic E-state index is 10.6. The van der Waals surface area contributed by atoms with Gasteiger partial charge in [0.05, 0.1) is 5.70 Å². The van der Waals surface area contributed by atoms with E-state index in [9.17, 15) is 9.59 Å². The van der Waals surface area contributed by atoms with Gasteiger partial charge < -0.3 is 0 Å². The van der Waals surface area contributed by atoms with Gasteiger partial charge in [0.25, 0.3) is 5.24 Å². The lowest BCUT2D eigenvalue weighted by atomic mass is 10.7. The Morgan fingerprint density at radius 2 is 2.71 bits per heavy atom. The molecule has 0 spiro atoms. The van der Waals surface area contributed by atoms with Gasteiger partial charge in [-0.25, -0.2) is 0 Å². The first-order valence-corrected chi connectivity index (χ1v) is 2.33. The van der Waals surface area contributed by atoms with E-state index < -0.39 is 16.9 Å². The molecule has 1 rings (SSSR count). The molecule has 1 saturated heterocycles. The van der Waals surface area contributed by atoms with Gasteiger partial charge in [0.1, 0.15) is 0 Å². The van der Waals surface area contributed by atoms with Crippen LogP contribution in [-0.2, 0) is 4.79 Å². The Morgan fingerprint density at radius 3 is 2.86 bits per heavy atom. The van der Waals surface area contributed by atoms with E-state index in [1.807, 2.05) is 0 Å². The Kier molecular flexibility index (Phi) is 0.476. The summed E-state index contributed by atoms with van der Waals surface area (Å²) in [4.78, 5) is 21.0. The minimum Gasteiger partial charge on any atom is -0.286 e. The number of hydrogen-bond donors (Lipinski definition) is 1. The van der Waals surface area contributed by atoms with E-state index in [1.54, 1.807) is 0 Å². The molecule has 0 aliphatic carbocycles. The number of carbonyl (C=O) groups is 2. The highest BCUT2D eigenvalue weighted by molar-refractivity contribution is 8.14. The topological polar surface area (TPSA) is 46.2 Å². The molecule has 4 heteroatoms. The third kappa shape index (κ3) is 0.928. The number of amides is 2. The predicted octanol–water partition coefficient (Wildman–Crippen LogP) is -0.0306. The van der Waals surface area contributed by atoms with Gasteiger partial charge in [-0.1, -0.05) is 11.8 Å². The van der Waals surface area contributed by atoms with Crippen LogP contribution in [0.4, 0.5) is 4.79 Å². The molecule has 1 fully saturated rings. The summed E-state index contributed by atoms with van der Waals surface area (Å²) in [6.45, 7) is 0. The molecule has 0 aromatic heterocycles. The van der Waals surface area contributed by atoms with Gasteiger partial charge >= 0.3 is 0 Å². The van der Waals surface area contributed by atoms with E-state index in [-0.39, 0.29) is 17.1 Å². The monoisotopic (exact) mass is 120 g/mol. The molecule has 38 valence electrons. The fraction of sp³-hybridized carbons (Fsp3) is 0.333. The smallest absolute Gasteiger partial charge is 0.286 e. The largest absolute Gasteiger partial charge is 0.286 e. The van der Waals surface area contributed by atoms with E-state index in [2.05, 4.69) is 0 Å². The first-order valence-electron chi connectivity index (χ1n) is 2.96. The second-order valence-corrected chi connectivity index (χ2v) is 1.64. The van der Waals surface area contributed by atoms with Crippen LogP contribution < -0.4 is 5.31 Å². The van der Waals surface area contributed by atoms with E-state index in [1.165, 1.54) is 0 Å². The number of carbonyl (C=O) groups excluding carboxylic acids is 2. The number of rotatable bonds is 0. The van der Waals surface area contributed by atoms with Gasteiger partial charge in [-0.05, 0) is 0 Å². The van der Waals surface area contributed by atoms with E-state index in [0.717, 1.165) is 0 Å². The standard InChI is InChI=1S/C3H3NO2S/c5-2-1-7-3(6)4-2/h1H2,(H,4,5,6)/i1D2/hD. The highest BCUT2D eigenvalue weighted by atomic mass is 32.2. The molecule has 0 bridgehead atoms.